The van der Waals surface area contributed by atoms with E-state index in [1.54, 1.807) is 24.3 Å². The van der Waals surface area contributed by atoms with Gasteiger partial charge in [0.15, 0.2) is 6.61 Å². The summed E-state index contributed by atoms with van der Waals surface area (Å²) in [5.41, 5.74) is 3.57. The lowest BCUT2D eigenvalue weighted by atomic mass is 9.80. The lowest BCUT2D eigenvalue weighted by Crippen LogP contribution is -2.31. The predicted octanol–water partition coefficient (Wildman–Crippen LogP) is 6.32. The normalized spacial score (nSPS) is 14.9. The van der Waals surface area contributed by atoms with Crippen molar-refractivity contribution in [3.63, 3.8) is 0 Å². The van der Waals surface area contributed by atoms with Crippen molar-refractivity contribution in [3.8, 4) is 5.75 Å². The largest absolute Gasteiger partial charge is 0.483 e. The molecule has 0 bridgehead atoms. The van der Waals surface area contributed by atoms with Crippen LogP contribution in [0.4, 0.5) is 5.69 Å². The zero-order valence-electron chi connectivity index (χ0n) is 21.7. The van der Waals surface area contributed by atoms with E-state index in [2.05, 4.69) is 59.0 Å². The summed E-state index contributed by atoms with van der Waals surface area (Å²) in [4.78, 5) is 27.3. The van der Waals surface area contributed by atoms with Crippen molar-refractivity contribution >= 4 is 17.5 Å². The van der Waals surface area contributed by atoms with Gasteiger partial charge in [0, 0.05) is 24.3 Å². The number of benzene rings is 2. The summed E-state index contributed by atoms with van der Waals surface area (Å²) in [6, 6.07) is 13.4. The van der Waals surface area contributed by atoms with Crippen molar-refractivity contribution in [2.45, 2.75) is 78.1 Å². The molecule has 34 heavy (non-hydrogen) atoms. The van der Waals surface area contributed by atoms with Gasteiger partial charge in [-0.1, -0.05) is 66.5 Å². The number of anilines is 1. The van der Waals surface area contributed by atoms with Gasteiger partial charge in [-0.3, -0.25) is 9.59 Å². The zero-order chi connectivity index (χ0) is 24.9. The molecule has 3 rings (SSSR count). The second-order valence-corrected chi connectivity index (χ2v) is 11.3. The van der Waals surface area contributed by atoms with Crippen LogP contribution in [-0.2, 0) is 15.6 Å². The Morgan fingerprint density at radius 2 is 1.47 bits per heavy atom. The fourth-order valence-electron chi connectivity index (χ4n) is 4.20. The highest BCUT2D eigenvalue weighted by Gasteiger charge is 2.23. The second-order valence-electron chi connectivity index (χ2n) is 11.3. The van der Waals surface area contributed by atoms with Crippen molar-refractivity contribution < 1.29 is 14.3 Å². The summed E-state index contributed by atoms with van der Waals surface area (Å²) in [6.45, 7) is 14.6. The van der Waals surface area contributed by atoms with E-state index in [1.165, 1.54) is 18.4 Å². The highest BCUT2D eigenvalue weighted by molar-refractivity contribution is 5.96. The molecule has 5 nitrogen and oxygen atoms in total. The molecule has 2 amide bonds. The number of hydrogen-bond acceptors (Lipinski definition) is 3. The van der Waals surface area contributed by atoms with E-state index < -0.39 is 0 Å². The summed E-state index contributed by atoms with van der Waals surface area (Å²) < 4.78 is 5.95. The lowest BCUT2D eigenvalue weighted by Gasteiger charge is -2.27. The number of nitrogens with zero attached hydrogens (tertiary/aromatic N) is 1. The Hall–Kier alpha value is -2.82. The summed E-state index contributed by atoms with van der Waals surface area (Å²) >= 11 is 0. The highest BCUT2D eigenvalue weighted by atomic mass is 16.5. The number of rotatable bonds is 5. The molecular weight excluding hydrogens is 424 g/mol. The van der Waals surface area contributed by atoms with Gasteiger partial charge < -0.3 is 15.0 Å². The molecule has 2 aromatic carbocycles. The van der Waals surface area contributed by atoms with Gasteiger partial charge in [-0.25, -0.2) is 0 Å². The molecule has 0 saturated carbocycles. The van der Waals surface area contributed by atoms with Crippen LogP contribution in [0.1, 0.15) is 88.7 Å². The Morgan fingerprint density at radius 3 is 2.03 bits per heavy atom. The van der Waals surface area contributed by atoms with Crippen LogP contribution in [0.2, 0.25) is 0 Å². The molecule has 0 aliphatic carbocycles. The van der Waals surface area contributed by atoms with Gasteiger partial charge in [0.05, 0.1) is 0 Å². The Balaban J connectivity index is 1.61. The molecule has 184 valence electrons. The first-order chi connectivity index (χ1) is 15.9. The van der Waals surface area contributed by atoms with Crippen molar-refractivity contribution in [3.05, 3.63) is 59.2 Å². The third-order valence-corrected chi connectivity index (χ3v) is 6.32. The zero-order valence-corrected chi connectivity index (χ0v) is 21.7. The molecule has 1 heterocycles. The molecule has 1 fully saturated rings. The van der Waals surface area contributed by atoms with Crippen LogP contribution >= 0.6 is 0 Å². The van der Waals surface area contributed by atoms with Gasteiger partial charge >= 0.3 is 0 Å². The number of ether oxygens (including phenoxy) is 1. The first-order valence-corrected chi connectivity index (χ1v) is 12.4. The SMILES string of the molecule is CC(C)(C)c1ccc(OCC(=O)Nc2ccc(C(=O)N3CCCCCC3)cc2)c(C(C)(C)C)c1. The molecule has 1 aliphatic heterocycles. The Bertz CT molecular complexity index is 990. The molecule has 1 N–H and O–H groups in total. The third kappa shape index (κ3) is 6.85. The van der Waals surface area contributed by atoms with E-state index in [0.717, 1.165) is 37.2 Å². The summed E-state index contributed by atoms with van der Waals surface area (Å²) in [6.07, 6.45) is 4.51. The molecule has 1 saturated heterocycles. The fourth-order valence-corrected chi connectivity index (χ4v) is 4.20. The van der Waals surface area contributed by atoms with Crippen molar-refractivity contribution in [2.24, 2.45) is 0 Å². The van der Waals surface area contributed by atoms with Gasteiger partial charge in [0.1, 0.15) is 5.75 Å². The van der Waals surface area contributed by atoms with E-state index in [4.69, 9.17) is 4.74 Å². The summed E-state index contributed by atoms with van der Waals surface area (Å²) in [7, 11) is 0. The van der Waals surface area contributed by atoms with Crippen molar-refractivity contribution in [1.82, 2.24) is 4.90 Å². The van der Waals surface area contributed by atoms with Crippen LogP contribution in [0.15, 0.2) is 42.5 Å². The van der Waals surface area contributed by atoms with Crippen molar-refractivity contribution in [2.75, 3.05) is 25.0 Å². The molecule has 0 unspecified atom stereocenters. The van der Waals surface area contributed by atoms with Gasteiger partial charge in [-0.15, -0.1) is 0 Å². The van der Waals surface area contributed by atoms with Crippen LogP contribution in [0.3, 0.4) is 0 Å². The maximum Gasteiger partial charge on any atom is 0.262 e. The fraction of sp³-hybridized carbons (Fsp3) is 0.517. The molecule has 0 spiro atoms. The summed E-state index contributed by atoms with van der Waals surface area (Å²) in [5.74, 6) is 0.567. The molecular formula is C29H40N2O3. The topological polar surface area (TPSA) is 58.6 Å². The Labute approximate surface area is 204 Å². The standard InChI is InChI=1S/C29H40N2O3/c1-28(2,3)22-13-16-25(24(19-22)29(4,5)6)34-20-26(32)30-23-14-11-21(12-15-23)27(33)31-17-9-7-8-10-18-31/h11-16,19H,7-10,17-18,20H2,1-6H3,(H,30,32). The molecule has 0 aromatic heterocycles. The molecule has 0 radical (unpaired) electrons. The minimum atomic E-state index is -0.230. The first-order valence-electron chi connectivity index (χ1n) is 12.4. The van der Waals surface area contributed by atoms with Crippen molar-refractivity contribution in [1.29, 1.82) is 0 Å². The van der Waals surface area contributed by atoms with Crippen LogP contribution < -0.4 is 10.1 Å². The number of carbonyl (C=O) groups excluding carboxylic acids is 2. The maximum atomic E-state index is 12.8. The smallest absolute Gasteiger partial charge is 0.262 e. The molecule has 0 atom stereocenters. The number of likely N-dealkylation sites (tertiary alicyclic amines) is 1. The van der Waals surface area contributed by atoms with Gasteiger partial charge in [0.2, 0.25) is 0 Å². The average Bonchev–Trinajstić information content (AvgIpc) is 3.06. The Kier molecular flexibility index (Phi) is 8.06. The second kappa shape index (κ2) is 10.6. The van der Waals surface area contributed by atoms with Gasteiger partial charge in [-0.05, 0) is 65.1 Å². The van der Waals surface area contributed by atoms with Crippen LogP contribution in [-0.4, -0.2) is 36.4 Å². The monoisotopic (exact) mass is 464 g/mol. The Morgan fingerprint density at radius 1 is 0.853 bits per heavy atom. The highest BCUT2D eigenvalue weighted by Crippen LogP contribution is 2.35. The third-order valence-electron chi connectivity index (χ3n) is 6.32. The average molecular weight is 465 g/mol. The van der Waals surface area contributed by atoms with E-state index in [0.29, 0.717) is 11.3 Å². The molecule has 1 aliphatic rings. The number of amides is 2. The minimum Gasteiger partial charge on any atom is -0.483 e. The van der Waals surface area contributed by atoms with E-state index in [-0.39, 0.29) is 29.3 Å². The van der Waals surface area contributed by atoms with E-state index in [9.17, 15) is 9.59 Å². The quantitative estimate of drug-likeness (QED) is 0.564. The number of nitrogens with one attached hydrogen (secondary N) is 1. The van der Waals surface area contributed by atoms with E-state index in [1.807, 2.05) is 11.0 Å². The van der Waals surface area contributed by atoms with Crippen LogP contribution in [0.5, 0.6) is 5.75 Å². The number of carbonyl (C=O) groups is 2. The summed E-state index contributed by atoms with van der Waals surface area (Å²) in [5, 5.41) is 2.87. The van der Waals surface area contributed by atoms with Crippen LogP contribution in [0, 0.1) is 0 Å². The van der Waals surface area contributed by atoms with E-state index >= 15 is 0 Å². The van der Waals surface area contributed by atoms with Gasteiger partial charge in [-0.2, -0.15) is 0 Å². The molecule has 2 aromatic rings. The van der Waals surface area contributed by atoms with Crippen LogP contribution in [0.25, 0.3) is 0 Å². The number of hydrogen-bond donors (Lipinski definition) is 1. The van der Waals surface area contributed by atoms with Gasteiger partial charge in [0.25, 0.3) is 11.8 Å². The minimum absolute atomic E-state index is 0.0384. The lowest BCUT2D eigenvalue weighted by molar-refractivity contribution is -0.118. The predicted molar refractivity (Wildman–Crippen MR) is 139 cm³/mol. The molecule has 5 heteroatoms. The first kappa shape index (κ1) is 25.8. The maximum absolute atomic E-state index is 12.8.